The Morgan fingerprint density at radius 1 is 1.24 bits per heavy atom. The number of nitrogens with zero attached hydrogens (tertiary/aromatic N) is 3. The summed E-state index contributed by atoms with van der Waals surface area (Å²) in [4.78, 5) is 2.39. The molecule has 1 aromatic heterocycles. The van der Waals surface area contributed by atoms with Gasteiger partial charge in [-0.25, -0.2) is 0 Å². The number of benzene rings is 1. The average molecular weight is 286 g/mol. The maximum Gasteiger partial charge on any atom is 0.0601 e. The molecule has 0 spiro atoms. The normalized spacial score (nSPS) is 11.1. The Balaban J connectivity index is 2.26. The van der Waals surface area contributed by atoms with Gasteiger partial charge in [0.1, 0.15) is 0 Å². The van der Waals surface area contributed by atoms with Crippen molar-refractivity contribution in [2.75, 3.05) is 4.90 Å². The summed E-state index contributed by atoms with van der Waals surface area (Å²) in [6.45, 7) is 11.0. The minimum Gasteiger partial charge on any atom is -0.363 e. The Kier molecular flexibility index (Phi) is 5.02. The lowest BCUT2D eigenvalue weighted by Gasteiger charge is -2.29. The van der Waals surface area contributed by atoms with Crippen molar-refractivity contribution in [1.82, 2.24) is 9.78 Å². The van der Waals surface area contributed by atoms with Crippen LogP contribution in [0.3, 0.4) is 0 Å². The molecule has 2 N–H and O–H groups in total. The summed E-state index contributed by atoms with van der Waals surface area (Å²) in [5.41, 5.74) is 10.4. The molecule has 0 unspecified atom stereocenters. The van der Waals surface area contributed by atoms with Crippen LogP contribution < -0.4 is 10.6 Å². The van der Waals surface area contributed by atoms with Gasteiger partial charge in [0.2, 0.25) is 0 Å². The van der Waals surface area contributed by atoms with Crippen LogP contribution in [-0.4, -0.2) is 15.8 Å². The summed E-state index contributed by atoms with van der Waals surface area (Å²) >= 11 is 0. The highest BCUT2D eigenvalue weighted by Crippen LogP contribution is 2.21. The predicted octanol–water partition coefficient (Wildman–Crippen LogP) is 3.09. The highest BCUT2D eigenvalue weighted by atomic mass is 15.3. The first-order valence-electron chi connectivity index (χ1n) is 7.64. The summed E-state index contributed by atoms with van der Waals surface area (Å²) in [6.07, 6.45) is 0. The summed E-state index contributed by atoms with van der Waals surface area (Å²) in [7, 11) is 0. The van der Waals surface area contributed by atoms with E-state index in [1.807, 2.05) is 6.92 Å². The number of hydrogen-bond donors (Lipinski definition) is 1. The Bertz CT molecular complexity index is 569. The molecule has 4 heteroatoms. The van der Waals surface area contributed by atoms with Gasteiger partial charge in [-0.15, -0.1) is 0 Å². The van der Waals surface area contributed by atoms with Crippen LogP contribution in [0.2, 0.25) is 0 Å². The molecule has 2 rings (SSSR count). The molecular formula is C17H26N4. The lowest BCUT2D eigenvalue weighted by Crippen LogP contribution is -2.31. The lowest BCUT2D eigenvalue weighted by molar-refractivity contribution is 0.588. The van der Waals surface area contributed by atoms with Gasteiger partial charge in [0.05, 0.1) is 17.9 Å². The van der Waals surface area contributed by atoms with Gasteiger partial charge in [-0.2, -0.15) is 5.10 Å². The van der Waals surface area contributed by atoms with E-state index in [1.165, 1.54) is 11.4 Å². The molecule has 0 amide bonds. The fraction of sp³-hybridized carbons (Fsp3) is 0.471. The van der Waals surface area contributed by atoms with E-state index < -0.39 is 0 Å². The van der Waals surface area contributed by atoms with Crippen molar-refractivity contribution < 1.29 is 0 Å². The molecular weight excluding hydrogens is 260 g/mol. The Labute approximate surface area is 127 Å². The van der Waals surface area contributed by atoms with Crippen LogP contribution in [0.5, 0.6) is 0 Å². The summed E-state index contributed by atoms with van der Waals surface area (Å²) in [5, 5.41) is 4.54. The van der Waals surface area contributed by atoms with E-state index in [1.54, 1.807) is 0 Å². The van der Waals surface area contributed by atoms with Crippen LogP contribution in [0.1, 0.15) is 37.7 Å². The second-order valence-corrected chi connectivity index (χ2v) is 5.69. The molecule has 114 valence electrons. The maximum atomic E-state index is 5.67. The SMILES string of the molecule is CCn1nc(C)cc1CN(c1ccc(CN)cc1)C(C)C. The molecule has 0 bridgehead atoms. The average Bonchev–Trinajstić information content (AvgIpc) is 2.84. The fourth-order valence-electron chi connectivity index (χ4n) is 2.57. The summed E-state index contributed by atoms with van der Waals surface area (Å²) < 4.78 is 2.08. The highest BCUT2D eigenvalue weighted by molar-refractivity contribution is 5.48. The number of aryl methyl sites for hydroxylation is 2. The van der Waals surface area contributed by atoms with Crippen molar-refractivity contribution in [3.05, 3.63) is 47.3 Å². The number of nitrogens with two attached hydrogens (primary N) is 1. The molecule has 1 aromatic carbocycles. The van der Waals surface area contributed by atoms with Crippen molar-refractivity contribution in [2.45, 2.75) is 53.4 Å². The Morgan fingerprint density at radius 2 is 1.90 bits per heavy atom. The molecule has 21 heavy (non-hydrogen) atoms. The van der Waals surface area contributed by atoms with Gasteiger partial charge in [0.25, 0.3) is 0 Å². The topological polar surface area (TPSA) is 47.1 Å². The molecule has 0 aliphatic rings. The highest BCUT2D eigenvalue weighted by Gasteiger charge is 2.14. The minimum atomic E-state index is 0.425. The van der Waals surface area contributed by atoms with Crippen molar-refractivity contribution in [3.8, 4) is 0 Å². The number of aromatic nitrogens is 2. The van der Waals surface area contributed by atoms with Gasteiger partial charge in [-0.3, -0.25) is 4.68 Å². The van der Waals surface area contributed by atoms with Crippen LogP contribution in [-0.2, 0) is 19.6 Å². The molecule has 0 atom stereocenters. The molecule has 0 radical (unpaired) electrons. The van der Waals surface area contributed by atoms with Gasteiger partial charge in [0, 0.05) is 24.8 Å². The van der Waals surface area contributed by atoms with E-state index in [4.69, 9.17) is 5.73 Å². The van der Waals surface area contributed by atoms with Crippen molar-refractivity contribution >= 4 is 5.69 Å². The molecule has 0 saturated heterocycles. The predicted molar refractivity (Wildman–Crippen MR) is 88.3 cm³/mol. The van der Waals surface area contributed by atoms with Gasteiger partial charge in [-0.05, 0) is 51.5 Å². The number of rotatable bonds is 6. The minimum absolute atomic E-state index is 0.425. The molecule has 0 fully saturated rings. The first-order chi connectivity index (χ1) is 10.0. The van der Waals surface area contributed by atoms with Crippen molar-refractivity contribution in [2.24, 2.45) is 5.73 Å². The molecule has 0 aliphatic heterocycles. The number of anilines is 1. The zero-order chi connectivity index (χ0) is 15.4. The van der Waals surface area contributed by atoms with Crippen LogP contribution >= 0.6 is 0 Å². The quantitative estimate of drug-likeness (QED) is 0.887. The van der Waals surface area contributed by atoms with E-state index in [-0.39, 0.29) is 0 Å². The third kappa shape index (κ3) is 3.64. The maximum absolute atomic E-state index is 5.67. The van der Waals surface area contributed by atoms with Crippen molar-refractivity contribution in [1.29, 1.82) is 0 Å². The van der Waals surface area contributed by atoms with Crippen LogP contribution in [0.25, 0.3) is 0 Å². The molecule has 4 nitrogen and oxygen atoms in total. The van der Waals surface area contributed by atoms with Crippen molar-refractivity contribution in [3.63, 3.8) is 0 Å². The fourth-order valence-corrected chi connectivity index (χ4v) is 2.57. The second-order valence-electron chi connectivity index (χ2n) is 5.69. The standard InChI is InChI=1S/C17H26N4/c1-5-21-17(10-14(4)19-21)12-20(13(2)3)16-8-6-15(11-18)7-9-16/h6-10,13H,5,11-12,18H2,1-4H3. The largest absolute Gasteiger partial charge is 0.363 e. The van der Waals surface area contributed by atoms with Crippen LogP contribution in [0.15, 0.2) is 30.3 Å². The van der Waals surface area contributed by atoms with E-state index in [2.05, 4.69) is 65.8 Å². The third-order valence-corrected chi connectivity index (χ3v) is 3.74. The lowest BCUT2D eigenvalue weighted by atomic mass is 10.1. The zero-order valence-corrected chi connectivity index (χ0v) is 13.5. The van der Waals surface area contributed by atoms with E-state index in [9.17, 15) is 0 Å². The summed E-state index contributed by atoms with van der Waals surface area (Å²) in [6, 6.07) is 11.1. The van der Waals surface area contributed by atoms with Crippen LogP contribution in [0.4, 0.5) is 5.69 Å². The third-order valence-electron chi connectivity index (χ3n) is 3.74. The van der Waals surface area contributed by atoms with Gasteiger partial charge in [-0.1, -0.05) is 12.1 Å². The monoisotopic (exact) mass is 286 g/mol. The summed E-state index contributed by atoms with van der Waals surface area (Å²) in [5.74, 6) is 0. The number of hydrogen-bond acceptors (Lipinski definition) is 3. The van der Waals surface area contributed by atoms with Crippen LogP contribution in [0, 0.1) is 6.92 Å². The molecule has 0 saturated carbocycles. The van der Waals surface area contributed by atoms with E-state index in [0.717, 1.165) is 24.3 Å². The zero-order valence-electron chi connectivity index (χ0n) is 13.5. The van der Waals surface area contributed by atoms with Gasteiger partial charge < -0.3 is 10.6 Å². The second kappa shape index (κ2) is 6.76. The van der Waals surface area contributed by atoms with Gasteiger partial charge in [0.15, 0.2) is 0 Å². The molecule has 2 aromatic rings. The smallest absolute Gasteiger partial charge is 0.0601 e. The molecule has 1 heterocycles. The van der Waals surface area contributed by atoms with E-state index in [0.29, 0.717) is 12.6 Å². The molecule has 0 aliphatic carbocycles. The van der Waals surface area contributed by atoms with E-state index >= 15 is 0 Å². The van der Waals surface area contributed by atoms with Gasteiger partial charge >= 0.3 is 0 Å². The Hall–Kier alpha value is -1.81. The first-order valence-corrected chi connectivity index (χ1v) is 7.64. The Morgan fingerprint density at radius 3 is 2.43 bits per heavy atom. The first kappa shape index (κ1) is 15.6.